The van der Waals surface area contributed by atoms with Gasteiger partial charge in [-0.05, 0) is 57.8 Å². The zero-order valence-corrected chi connectivity index (χ0v) is 17.3. The SMILES string of the molecule is CCC(C)(C)N(CCOCCN=O)CCC(=O)OC[C@H]1CC[C@@H](CO)CC1. The van der Waals surface area contributed by atoms with Gasteiger partial charge in [-0.2, -0.15) is 4.91 Å². The van der Waals surface area contributed by atoms with Crippen molar-refractivity contribution in [2.75, 3.05) is 46.1 Å². The van der Waals surface area contributed by atoms with Crippen LogP contribution >= 0.6 is 0 Å². The number of nitrogens with zero attached hydrogens (tertiary/aromatic N) is 2. The van der Waals surface area contributed by atoms with Gasteiger partial charge in [0.25, 0.3) is 0 Å². The lowest BCUT2D eigenvalue weighted by Crippen LogP contribution is -2.46. The Kier molecular flexibility index (Phi) is 11.7. The van der Waals surface area contributed by atoms with Crippen molar-refractivity contribution in [3.8, 4) is 0 Å². The standard InChI is InChI=1S/C20H38N2O5/c1-4-20(2,3)22(12-14-26-13-10-21-25)11-9-19(24)27-16-18-7-5-17(15-23)6-8-18/h17-18,23H,4-16H2,1-3H3/t17-,18+. The number of nitroso groups, excluding NO2 is 1. The van der Waals surface area contributed by atoms with E-state index in [0.29, 0.717) is 51.2 Å². The lowest BCUT2D eigenvalue weighted by molar-refractivity contribution is -0.146. The Balaban J connectivity index is 2.31. The van der Waals surface area contributed by atoms with E-state index in [4.69, 9.17) is 9.47 Å². The number of rotatable bonds is 14. The molecule has 1 aliphatic carbocycles. The Morgan fingerprint density at radius 1 is 1.15 bits per heavy atom. The van der Waals surface area contributed by atoms with Gasteiger partial charge in [0, 0.05) is 25.2 Å². The minimum Gasteiger partial charge on any atom is -0.465 e. The highest BCUT2D eigenvalue weighted by molar-refractivity contribution is 5.69. The van der Waals surface area contributed by atoms with E-state index in [1.54, 1.807) is 0 Å². The number of aliphatic hydroxyl groups excluding tert-OH is 1. The fraction of sp³-hybridized carbons (Fsp3) is 0.950. The summed E-state index contributed by atoms with van der Waals surface area (Å²) in [5, 5.41) is 12.0. The largest absolute Gasteiger partial charge is 0.465 e. The smallest absolute Gasteiger partial charge is 0.307 e. The summed E-state index contributed by atoms with van der Waals surface area (Å²) in [5.41, 5.74) is -0.0325. The predicted molar refractivity (Wildman–Crippen MR) is 106 cm³/mol. The molecule has 27 heavy (non-hydrogen) atoms. The normalized spacial score (nSPS) is 20.6. The van der Waals surface area contributed by atoms with E-state index in [0.717, 1.165) is 32.1 Å². The second kappa shape index (κ2) is 13.2. The number of aliphatic hydroxyl groups is 1. The van der Waals surface area contributed by atoms with Crippen LogP contribution in [0, 0.1) is 16.7 Å². The first-order chi connectivity index (χ1) is 12.9. The molecule has 0 saturated heterocycles. The Morgan fingerprint density at radius 3 is 2.41 bits per heavy atom. The van der Waals surface area contributed by atoms with Crippen LogP contribution in [0.2, 0.25) is 0 Å². The first-order valence-electron chi connectivity index (χ1n) is 10.3. The van der Waals surface area contributed by atoms with Gasteiger partial charge in [-0.25, -0.2) is 0 Å². The van der Waals surface area contributed by atoms with Gasteiger partial charge >= 0.3 is 5.97 Å². The third-order valence-electron chi connectivity index (χ3n) is 5.84. The molecule has 0 atom stereocenters. The highest BCUT2D eigenvalue weighted by Gasteiger charge is 2.26. The average Bonchev–Trinajstić information content (AvgIpc) is 2.68. The molecular weight excluding hydrogens is 348 g/mol. The summed E-state index contributed by atoms with van der Waals surface area (Å²) in [6, 6.07) is 0. The van der Waals surface area contributed by atoms with Crippen molar-refractivity contribution >= 4 is 5.97 Å². The second-order valence-corrected chi connectivity index (χ2v) is 8.12. The minimum atomic E-state index is -0.151. The Hall–Kier alpha value is -1.05. The number of carbonyl (C=O) groups excluding carboxylic acids is 1. The third-order valence-corrected chi connectivity index (χ3v) is 5.84. The number of esters is 1. The molecule has 158 valence electrons. The lowest BCUT2D eigenvalue weighted by atomic mass is 9.83. The minimum absolute atomic E-state index is 0.0325. The number of ether oxygens (including phenoxy) is 2. The van der Waals surface area contributed by atoms with Crippen molar-refractivity contribution < 1.29 is 19.4 Å². The summed E-state index contributed by atoms with van der Waals surface area (Å²) in [7, 11) is 0. The molecule has 1 rings (SSSR count). The maximum Gasteiger partial charge on any atom is 0.307 e. The van der Waals surface area contributed by atoms with Gasteiger partial charge in [0.15, 0.2) is 0 Å². The molecular formula is C20H38N2O5. The fourth-order valence-corrected chi connectivity index (χ4v) is 3.41. The van der Waals surface area contributed by atoms with Gasteiger partial charge in [0.2, 0.25) is 0 Å². The van der Waals surface area contributed by atoms with Crippen molar-refractivity contribution in [2.45, 2.75) is 64.8 Å². The molecule has 0 radical (unpaired) electrons. The van der Waals surface area contributed by atoms with Gasteiger partial charge in [-0.1, -0.05) is 12.1 Å². The van der Waals surface area contributed by atoms with Crippen molar-refractivity contribution in [1.29, 1.82) is 0 Å². The Bertz CT molecular complexity index is 423. The summed E-state index contributed by atoms with van der Waals surface area (Å²) >= 11 is 0. The summed E-state index contributed by atoms with van der Waals surface area (Å²) in [6.07, 6.45) is 5.44. The predicted octanol–water partition coefficient (Wildman–Crippen LogP) is 2.99. The highest BCUT2D eigenvalue weighted by Crippen LogP contribution is 2.28. The van der Waals surface area contributed by atoms with Crippen molar-refractivity contribution in [3.63, 3.8) is 0 Å². The van der Waals surface area contributed by atoms with Gasteiger partial charge in [-0.15, -0.1) is 0 Å². The molecule has 0 aliphatic heterocycles. The molecule has 0 heterocycles. The maximum absolute atomic E-state index is 12.2. The first kappa shape index (κ1) is 24.0. The Labute approximate surface area is 163 Å². The van der Waals surface area contributed by atoms with Gasteiger partial charge in [0.1, 0.15) is 6.54 Å². The number of carbonyl (C=O) groups is 1. The van der Waals surface area contributed by atoms with E-state index in [1.807, 2.05) is 0 Å². The molecule has 0 amide bonds. The molecule has 0 aromatic heterocycles. The summed E-state index contributed by atoms with van der Waals surface area (Å²) in [4.78, 5) is 24.5. The number of hydrogen-bond acceptors (Lipinski definition) is 7. The molecule has 1 aliphatic rings. The molecule has 1 N–H and O–H groups in total. The number of hydrogen-bond donors (Lipinski definition) is 1. The molecule has 0 unspecified atom stereocenters. The summed E-state index contributed by atoms with van der Waals surface area (Å²) in [6.45, 7) is 9.57. The topological polar surface area (TPSA) is 88.4 Å². The van der Waals surface area contributed by atoms with E-state index in [-0.39, 0.29) is 24.7 Å². The molecule has 1 saturated carbocycles. The van der Waals surface area contributed by atoms with Gasteiger partial charge in [-0.3, -0.25) is 9.69 Å². The van der Waals surface area contributed by atoms with E-state index in [1.165, 1.54) is 0 Å². The maximum atomic E-state index is 12.2. The van der Waals surface area contributed by atoms with Crippen molar-refractivity contribution in [1.82, 2.24) is 4.90 Å². The van der Waals surface area contributed by atoms with Crippen LogP contribution in [0.4, 0.5) is 0 Å². The third kappa shape index (κ3) is 9.63. The molecule has 1 fully saturated rings. The van der Waals surface area contributed by atoms with Crippen LogP contribution in [0.25, 0.3) is 0 Å². The van der Waals surface area contributed by atoms with Crippen LogP contribution in [0.1, 0.15) is 59.3 Å². The van der Waals surface area contributed by atoms with E-state index in [2.05, 4.69) is 30.8 Å². The Morgan fingerprint density at radius 2 is 1.81 bits per heavy atom. The van der Waals surface area contributed by atoms with Crippen LogP contribution in [-0.4, -0.2) is 67.6 Å². The van der Waals surface area contributed by atoms with Crippen molar-refractivity contribution in [2.24, 2.45) is 17.0 Å². The fourth-order valence-electron chi connectivity index (χ4n) is 3.41. The molecule has 7 heteroatoms. The summed E-state index contributed by atoms with van der Waals surface area (Å²) < 4.78 is 10.9. The molecule has 7 nitrogen and oxygen atoms in total. The van der Waals surface area contributed by atoms with Gasteiger partial charge in [0.05, 0.1) is 26.2 Å². The highest BCUT2D eigenvalue weighted by atomic mass is 16.5. The monoisotopic (exact) mass is 386 g/mol. The van der Waals surface area contributed by atoms with Crippen LogP contribution in [0.15, 0.2) is 5.18 Å². The zero-order chi connectivity index (χ0) is 20.1. The van der Waals surface area contributed by atoms with E-state index >= 15 is 0 Å². The molecule has 0 aromatic carbocycles. The molecule has 0 aromatic rings. The van der Waals surface area contributed by atoms with Crippen LogP contribution in [0.5, 0.6) is 0 Å². The van der Waals surface area contributed by atoms with Crippen LogP contribution < -0.4 is 0 Å². The quantitative estimate of drug-likeness (QED) is 0.280. The second-order valence-electron chi connectivity index (χ2n) is 8.12. The lowest BCUT2D eigenvalue weighted by Gasteiger charge is -2.38. The molecule has 0 bridgehead atoms. The zero-order valence-electron chi connectivity index (χ0n) is 17.3. The average molecular weight is 387 g/mol. The van der Waals surface area contributed by atoms with Crippen LogP contribution in [0.3, 0.4) is 0 Å². The van der Waals surface area contributed by atoms with E-state index in [9.17, 15) is 14.8 Å². The first-order valence-corrected chi connectivity index (χ1v) is 10.3. The van der Waals surface area contributed by atoms with E-state index < -0.39 is 0 Å². The summed E-state index contributed by atoms with van der Waals surface area (Å²) in [5.74, 6) is 0.702. The van der Waals surface area contributed by atoms with Crippen LogP contribution in [-0.2, 0) is 14.3 Å². The van der Waals surface area contributed by atoms with Crippen molar-refractivity contribution in [3.05, 3.63) is 4.91 Å². The molecule has 0 spiro atoms. The van der Waals surface area contributed by atoms with Gasteiger partial charge < -0.3 is 14.6 Å².